The Hall–Kier alpha value is -4.13. The first kappa shape index (κ1) is 21.7. The molecule has 0 spiro atoms. The van der Waals surface area contributed by atoms with Crippen LogP contribution in [0.15, 0.2) is 78.8 Å². The van der Waals surface area contributed by atoms with Crippen molar-refractivity contribution in [3.05, 3.63) is 89.9 Å². The zero-order valence-electron chi connectivity index (χ0n) is 19.0. The minimum Gasteiger partial charge on any atom is -0.496 e. The van der Waals surface area contributed by atoms with Gasteiger partial charge in [0.05, 0.1) is 19.2 Å². The number of benzene rings is 2. The van der Waals surface area contributed by atoms with Crippen LogP contribution >= 0.6 is 0 Å². The third-order valence-electron chi connectivity index (χ3n) is 6.24. The molecule has 7 heteroatoms. The van der Waals surface area contributed by atoms with Gasteiger partial charge in [0.2, 0.25) is 0 Å². The molecule has 3 heterocycles. The van der Waals surface area contributed by atoms with Gasteiger partial charge >= 0.3 is 0 Å². The molecule has 1 saturated heterocycles. The van der Waals surface area contributed by atoms with Crippen molar-refractivity contribution in [1.82, 2.24) is 9.88 Å². The molecule has 2 aliphatic heterocycles. The second-order valence-corrected chi connectivity index (χ2v) is 8.37. The molecule has 2 amide bonds. The molecule has 0 radical (unpaired) electrons. The summed E-state index contributed by atoms with van der Waals surface area (Å²) in [5, 5.41) is 3.24. The van der Waals surface area contributed by atoms with Crippen molar-refractivity contribution < 1.29 is 14.3 Å². The fourth-order valence-electron chi connectivity index (χ4n) is 4.48. The number of imide groups is 1. The number of pyridine rings is 1. The highest BCUT2D eigenvalue weighted by Gasteiger charge is 2.40. The lowest BCUT2D eigenvalue weighted by Gasteiger charge is -2.18. The van der Waals surface area contributed by atoms with Gasteiger partial charge in [0.25, 0.3) is 11.8 Å². The maximum absolute atomic E-state index is 13.5. The Kier molecular flexibility index (Phi) is 5.99. The second-order valence-electron chi connectivity index (χ2n) is 8.37. The molecule has 1 fully saturated rings. The van der Waals surface area contributed by atoms with E-state index in [0.717, 1.165) is 30.0 Å². The van der Waals surface area contributed by atoms with Crippen molar-refractivity contribution >= 4 is 28.8 Å². The van der Waals surface area contributed by atoms with Gasteiger partial charge in [-0.1, -0.05) is 18.2 Å². The summed E-state index contributed by atoms with van der Waals surface area (Å²) >= 11 is 0. The lowest BCUT2D eigenvalue weighted by molar-refractivity contribution is -0.137. The topological polar surface area (TPSA) is 74.8 Å². The average molecular weight is 455 g/mol. The first-order valence-corrected chi connectivity index (χ1v) is 11.4. The molecule has 2 aromatic carbocycles. The van der Waals surface area contributed by atoms with Gasteiger partial charge in [0.15, 0.2) is 0 Å². The van der Waals surface area contributed by atoms with Crippen LogP contribution in [0, 0.1) is 0 Å². The molecule has 34 heavy (non-hydrogen) atoms. The minimum absolute atomic E-state index is 0.165. The Bertz CT molecular complexity index is 1230. The summed E-state index contributed by atoms with van der Waals surface area (Å²) in [6.45, 7) is 2.29. The normalized spacial score (nSPS) is 15.9. The highest BCUT2D eigenvalue weighted by atomic mass is 16.5. The van der Waals surface area contributed by atoms with E-state index in [1.807, 2.05) is 36.4 Å². The number of carbonyl (C=O) groups is 2. The summed E-state index contributed by atoms with van der Waals surface area (Å²) in [6, 6.07) is 18.8. The number of amides is 2. The van der Waals surface area contributed by atoms with Crippen molar-refractivity contribution in [3.63, 3.8) is 0 Å². The first-order chi connectivity index (χ1) is 16.7. The van der Waals surface area contributed by atoms with Crippen LogP contribution in [0.3, 0.4) is 0 Å². The number of hydrogen-bond donors (Lipinski definition) is 1. The zero-order chi connectivity index (χ0) is 23.5. The number of carbonyl (C=O) groups excluding carboxylic acids is 2. The third-order valence-corrected chi connectivity index (χ3v) is 6.24. The molecule has 172 valence electrons. The van der Waals surface area contributed by atoms with Crippen LogP contribution in [-0.2, 0) is 16.1 Å². The Morgan fingerprint density at radius 3 is 2.32 bits per heavy atom. The summed E-state index contributed by atoms with van der Waals surface area (Å²) in [5.41, 5.74) is 3.87. The van der Waals surface area contributed by atoms with Gasteiger partial charge in [0.1, 0.15) is 11.4 Å². The molecule has 5 rings (SSSR count). The van der Waals surface area contributed by atoms with Crippen LogP contribution in [0.25, 0.3) is 5.57 Å². The minimum atomic E-state index is -0.369. The number of methoxy groups -OCH3 is 1. The fourth-order valence-corrected chi connectivity index (χ4v) is 4.48. The van der Waals surface area contributed by atoms with E-state index in [1.165, 1.54) is 17.7 Å². The van der Waals surface area contributed by atoms with Gasteiger partial charge < -0.3 is 15.0 Å². The highest BCUT2D eigenvalue weighted by molar-refractivity contribution is 6.36. The second kappa shape index (κ2) is 9.39. The third kappa shape index (κ3) is 4.12. The number of anilines is 2. The first-order valence-electron chi connectivity index (χ1n) is 11.4. The summed E-state index contributed by atoms with van der Waals surface area (Å²) in [7, 11) is 1.56. The molecular formula is C27H26N4O3. The zero-order valence-corrected chi connectivity index (χ0v) is 19.0. The van der Waals surface area contributed by atoms with E-state index in [1.54, 1.807) is 43.8 Å². The number of hydrogen-bond acceptors (Lipinski definition) is 6. The molecule has 1 N–H and O–H groups in total. The van der Waals surface area contributed by atoms with E-state index < -0.39 is 0 Å². The smallest absolute Gasteiger partial charge is 0.278 e. The van der Waals surface area contributed by atoms with Gasteiger partial charge in [-0.3, -0.25) is 19.5 Å². The van der Waals surface area contributed by atoms with Crippen molar-refractivity contribution in [2.24, 2.45) is 0 Å². The summed E-state index contributed by atoms with van der Waals surface area (Å²) in [4.78, 5) is 34.7. The van der Waals surface area contributed by atoms with Crippen LogP contribution < -0.4 is 15.0 Å². The van der Waals surface area contributed by atoms with Crippen LogP contribution in [0.4, 0.5) is 11.4 Å². The molecule has 0 aliphatic carbocycles. The number of para-hydroxylation sites is 1. The number of nitrogens with one attached hydrogen (secondary N) is 1. The Labute approximate surface area is 198 Å². The number of ether oxygens (including phenoxy) is 1. The molecule has 3 aromatic rings. The monoisotopic (exact) mass is 454 g/mol. The fraction of sp³-hybridized carbons (Fsp3) is 0.222. The van der Waals surface area contributed by atoms with Gasteiger partial charge in [0, 0.05) is 42.4 Å². The van der Waals surface area contributed by atoms with Crippen LogP contribution in [0.5, 0.6) is 5.75 Å². The molecule has 0 atom stereocenters. The summed E-state index contributed by atoms with van der Waals surface area (Å²) in [5.74, 6) is -0.193. The number of aromatic nitrogens is 1. The number of nitrogens with zero attached hydrogens (tertiary/aromatic N) is 3. The summed E-state index contributed by atoms with van der Waals surface area (Å²) < 4.78 is 5.51. The van der Waals surface area contributed by atoms with Gasteiger partial charge in [-0.25, -0.2) is 0 Å². The van der Waals surface area contributed by atoms with Gasteiger partial charge in [-0.05, 0) is 60.9 Å². The number of rotatable bonds is 7. The van der Waals surface area contributed by atoms with Crippen molar-refractivity contribution in [3.8, 4) is 5.75 Å². The lowest BCUT2D eigenvalue weighted by Crippen LogP contribution is -2.32. The maximum Gasteiger partial charge on any atom is 0.278 e. The van der Waals surface area contributed by atoms with Crippen LogP contribution in [0.2, 0.25) is 0 Å². The van der Waals surface area contributed by atoms with Gasteiger partial charge in [-0.2, -0.15) is 0 Å². The predicted molar refractivity (Wildman–Crippen MR) is 131 cm³/mol. The molecule has 0 saturated carbocycles. The van der Waals surface area contributed by atoms with Crippen molar-refractivity contribution in [1.29, 1.82) is 0 Å². The van der Waals surface area contributed by atoms with Crippen molar-refractivity contribution in [2.75, 3.05) is 30.4 Å². The van der Waals surface area contributed by atoms with E-state index in [0.29, 0.717) is 16.9 Å². The standard InChI is InChI=1S/C27H26N4O3/c1-34-23-7-3-2-6-22(23)24-25(27(33)31(26(24)32)18-19-12-14-28-15-13-19)29-20-8-10-21(11-9-20)30-16-4-5-17-30/h2-3,6-15,29H,4-5,16-18H2,1H3. The predicted octanol–water partition coefficient (Wildman–Crippen LogP) is 4.08. The van der Waals surface area contributed by atoms with Crippen molar-refractivity contribution in [2.45, 2.75) is 19.4 Å². The Morgan fingerprint density at radius 2 is 1.62 bits per heavy atom. The molecule has 0 unspecified atom stereocenters. The lowest BCUT2D eigenvalue weighted by atomic mass is 10.0. The molecule has 7 nitrogen and oxygen atoms in total. The molecule has 2 aliphatic rings. The van der Waals surface area contributed by atoms with Crippen LogP contribution in [0.1, 0.15) is 24.0 Å². The Balaban J connectivity index is 1.50. The maximum atomic E-state index is 13.5. The average Bonchev–Trinajstić information content (AvgIpc) is 3.49. The highest BCUT2D eigenvalue weighted by Crippen LogP contribution is 2.36. The SMILES string of the molecule is COc1ccccc1C1=C(Nc2ccc(N3CCCC3)cc2)C(=O)N(Cc2ccncc2)C1=O. The quantitative estimate of drug-likeness (QED) is 0.542. The van der Waals surface area contributed by atoms with Crippen LogP contribution in [-0.4, -0.2) is 41.9 Å². The largest absolute Gasteiger partial charge is 0.496 e. The van der Waals surface area contributed by atoms with E-state index in [4.69, 9.17) is 4.74 Å². The molecule has 1 aromatic heterocycles. The Morgan fingerprint density at radius 1 is 0.912 bits per heavy atom. The van der Waals surface area contributed by atoms with E-state index >= 15 is 0 Å². The molecule has 0 bridgehead atoms. The van der Waals surface area contributed by atoms with E-state index in [-0.39, 0.29) is 24.1 Å². The molecular weight excluding hydrogens is 428 g/mol. The van der Waals surface area contributed by atoms with E-state index in [9.17, 15) is 9.59 Å². The van der Waals surface area contributed by atoms with E-state index in [2.05, 4.69) is 15.2 Å². The van der Waals surface area contributed by atoms with Gasteiger partial charge in [-0.15, -0.1) is 0 Å². The summed E-state index contributed by atoms with van der Waals surface area (Å²) in [6.07, 6.45) is 5.71.